The first kappa shape index (κ1) is 18.5. The van der Waals surface area contributed by atoms with Crippen LogP contribution < -0.4 is 16.0 Å². The molecule has 0 saturated heterocycles. The molecule has 1 aromatic carbocycles. The normalized spacial score (nSPS) is 11.2. The fourth-order valence-corrected chi connectivity index (χ4v) is 3.03. The molecular weight excluding hydrogens is 379 g/mol. The quantitative estimate of drug-likeness (QED) is 0.693. The lowest BCUT2D eigenvalue weighted by atomic mass is 10.3. The van der Waals surface area contributed by atoms with E-state index < -0.39 is 11.2 Å². The number of H-pyrrole nitrogens is 1. The maximum Gasteiger partial charge on any atom is 0.330 e. The van der Waals surface area contributed by atoms with Gasteiger partial charge in [0.2, 0.25) is 0 Å². The summed E-state index contributed by atoms with van der Waals surface area (Å²) in [6, 6.07) is 5.09. The summed E-state index contributed by atoms with van der Waals surface area (Å²) in [5.41, 5.74) is -0.249. The van der Waals surface area contributed by atoms with Gasteiger partial charge in [-0.25, -0.2) is 9.78 Å². The van der Waals surface area contributed by atoms with E-state index in [-0.39, 0.29) is 6.61 Å². The zero-order valence-corrected chi connectivity index (χ0v) is 15.9. The molecule has 2 heterocycles. The van der Waals surface area contributed by atoms with Crippen LogP contribution in [0.25, 0.3) is 11.2 Å². The van der Waals surface area contributed by atoms with Gasteiger partial charge in [0, 0.05) is 13.6 Å². The number of aromatic nitrogens is 4. The topological polar surface area (TPSA) is 81.9 Å². The minimum atomic E-state index is -0.472. The van der Waals surface area contributed by atoms with E-state index in [9.17, 15) is 9.59 Å². The third-order valence-electron chi connectivity index (χ3n) is 4.11. The molecule has 0 amide bonds. The molecule has 2 aromatic heterocycles. The molecule has 0 aliphatic rings. The number of unbranched alkanes of at least 4 members (excludes halogenated alkanes) is 1. The third-order valence-corrected chi connectivity index (χ3v) is 4.92. The van der Waals surface area contributed by atoms with Gasteiger partial charge in [-0.3, -0.25) is 14.3 Å². The number of nitrogens with one attached hydrogen (secondary N) is 1. The number of hydrogen-bond acceptors (Lipinski definition) is 4. The van der Waals surface area contributed by atoms with Crippen LogP contribution in [0.15, 0.2) is 27.8 Å². The van der Waals surface area contributed by atoms with Crippen LogP contribution in [0.1, 0.15) is 25.6 Å². The molecule has 3 aromatic rings. The largest absolute Gasteiger partial charge is 0.484 e. The zero-order valence-electron chi connectivity index (χ0n) is 14.4. The first-order chi connectivity index (χ1) is 12.4. The summed E-state index contributed by atoms with van der Waals surface area (Å²) >= 11 is 12.1. The second-order valence-electron chi connectivity index (χ2n) is 5.86. The van der Waals surface area contributed by atoms with Gasteiger partial charge in [0.15, 0.2) is 11.2 Å². The third kappa shape index (κ3) is 3.37. The van der Waals surface area contributed by atoms with Crippen molar-refractivity contribution in [3.8, 4) is 5.75 Å². The summed E-state index contributed by atoms with van der Waals surface area (Å²) in [5.74, 6) is 0.917. The van der Waals surface area contributed by atoms with E-state index in [1.807, 2.05) is 6.92 Å². The molecule has 1 N–H and O–H groups in total. The summed E-state index contributed by atoms with van der Waals surface area (Å²) < 4.78 is 8.81. The molecule has 0 saturated carbocycles. The lowest BCUT2D eigenvalue weighted by Gasteiger charge is -2.08. The van der Waals surface area contributed by atoms with Crippen molar-refractivity contribution in [2.24, 2.45) is 7.05 Å². The first-order valence-corrected chi connectivity index (χ1v) is 8.94. The summed E-state index contributed by atoms with van der Waals surface area (Å²) in [6.45, 7) is 2.59. The first-order valence-electron chi connectivity index (χ1n) is 8.19. The summed E-state index contributed by atoms with van der Waals surface area (Å²) in [7, 11) is 1.71. The monoisotopic (exact) mass is 396 g/mol. The summed E-state index contributed by atoms with van der Waals surface area (Å²) in [5, 5.41) is 0.699. The minimum absolute atomic E-state index is 0.0760. The Morgan fingerprint density at radius 2 is 2.04 bits per heavy atom. The molecular formula is C17H18Cl2N4O3. The Morgan fingerprint density at radius 3 is 2.77 bits per heavy atom. The number of fused-ring (bicyclic) bond motifs is 1. The van der Waals surface area contributed by atoms with Gasteiger partial charge < -0.3 is 9.30 Å². The van der Waals surface area contributed by atoms with Crippen LogP contribution in [0.4, 0.5) is 0 Å². The number of aromatic amines is 1. The second kappa shape index (κ2) is 7.55. The van der Waals surface area contributed by atoms with E-state index >= 15 is 0 Å². The molecule has 26 heavy (non-hydrogen) atoms. The molecule has 0 aliphatic carbocycles. The van der Waals surface area contributed by atoms with Crippen LogP contribution in [-0.2, 0) is 20.2 Å². The fourth-order valence-electron chi connectivity index (χ4n) is 2.68. The smallest absolute Gasteiger partial charge is 0.330 e. The van der Waals surface area contributed by atoms with Gasteiger partial charge >= 0.3 is 5.69 Å². The molecule has 0 aliphatic heterocycles. The predicted molar refractivity (Wildman–Crippen MR) is 101 cm³/mol. The van der Waals surface area contributed by atoms with Crippen molar-refractivity contribution in [3.63, 3.8) is 0 Å². The highest BCUT2D eigenvalue weighted by atomic mass is 35.5. The van der Waals surface area contributed by atoms with E-state index in [1.165, 1.54) is 4.57 Å². The number of rotatable bonds is 6. The molecule has 0 atom stereocenters. The summed E-state index contributed by atoms with van der Waals surface area (Å²) in [6.07, 6.45) is 1.73. The zero-order chi connectivity index (χ0) is 18.8. The lowest BCUT2D eigenvalue weighted by Crippen LogP contribution is -2.31. The van der Waals surface area contributed by atoms with Crippen molar-refractivity contribution in [2.75, 3.05) is 0 Å². The Labute approximate surface area is 159 Å². The molecule has 7 nitrogen and oxygen atoms in total. The van der Waals surface area contributed by atoms with Crippen LogP contribution in [0, 0.1) is 0 Å². The standard InChI is InChI=1S/C17H18Cl2N4O3/c1-3-4-8-23-15-14(16(24)21-17(23)25)22(2)12(20-15)9-26-11-7-5-6-10(18)13(11)19/h5-7H,3-4,8-9H2,1-2H3,(H,21,24,25). The Morgan fingerprint density at radius 1 is 1.27 bits per heavy atom. The number of nitrogens with zero attached hydrogens (tertiary/aromatic N) is 3. The van der Waals surface area contributed by atoms with Crippen LogP contribution in [0.2, 0.25) is 10.0 Å². The van der Waals surface area contributed by atoms with Gasteiger partial charge in [0.25, 0.3) is 5.56 Å². The van der Waals surface area contributed by atoms with E-state index in [1.54, 1.807) is 29.8 Å². The van der Waals surface area contributed by atoms with Crippen LogP contribution in [0.5, 0.6) is 5.75 Å². The number of halogens is 2. The van der Waals surface area contributed by atoms with Crippen LogP contribution in [-0.4, -0.2) is 19.1 Å². The molecule has 0 radical (unpaired) electrons. The van der Waals surface area contributed by atoms with Crippen molar-refractivity contribution in [2.45, 2.75) is 32.9 Å². The highest BCUT2D eigenvalue weighted by molar-refractivity contribution is 6.42. The van der Waals surface area contributed by atoms with Crippen molar-refractivity contribution in [1.82, 2.24) is 19.1 Å². The predicted octanol–water partition coefficient (Wildman–Crippen LogP) is 3.11. The average Bonchev–Trinajstić information content (AvgIpc) is 2.93. The van der Waals surface area contributed by atoms with Crippen molar-refractivity contribution in [1.29, 1.82) is 0 Å². The van der Waals surface area contributed by atoms with Gasteiger partial charge in [-0.15, -0.1) is 0 Å². The van der Waals surface area contributed by atoms with Crippen molar-refractivity contribution < 1.29 is 4.74 Å². The second-order valence-corrected chi connectivity index (χ2v) is 6.65. The van der Waals surface area contributed by atoms with Gasteiger partial charge in [-0.1, -0.05) is 42.6 Å². The molecule has 3 rings (SSSR count). The molecule has 138 valence electrons. The van der Waals surface area contributed by atoms with Gasteiger partial charge in [0.1, 0.15) is 23.2 Å². The Balaban J connectivity index is 2.01. The number of benzene rings is 1. The van der Waals surface area contributed by atoms with Crippen molar-refractivity contribution >= 4 is 34.4 Å². The molecule has 9 heteroatoms. The number of aryl methyl sites for hydroxylation is 2. The van der Waals surface area contributed by atoms with Gasteiger partial charge in [-0.05, 0) is 18.6 Å². The highest BCUT2D eigenvalue weighted by Crippen LogP contribution is 2.31. The van der Waals surface area contributed by atoms with Crippen molar-refractivity contribution in [3.05, 3.63) is 54.9 Å². The maximum absolute atomic E-state index is 12.2. The number of imidazole rings is 1. The molecule has 0 bridgehead atoms. The van der Waals surface area contributed by atoms with Gasteiger partial charge in [-0.2, -0.15) is 0 Å². The van der Waals surface area contributed by atoms with E-state index in [2.05, 4.69) is 9.97 Å². The van der Waals surface area contributed by atoms with E-state index in [4.69, 9.17) is 27.9 Å². The SMILES string of the molecule is CCCCn1c(=O)[nH]c(=O)c2c1nc(COc1cccc(Cl)c1Cl)n2C. The average molecular weight is 397 g/mol. The van der Waals surface area contributed by atoms with Gasteiger partial charge in [0.05, 0.1) is 5.02 Å². The number of ether oxygens (including phenoxy) is 1. The maximum atomic E-state index is 12.2. The molecule has 0 unspecified atom stereocenters. The van der Waals surface area contributed by atoms with Crippen LogP contribution >= 0.6 is 23.2 Å². The number of hydrogen-bond donors (Lipinski definition) is 1. The molecule has 0 fully saturated rings. The highest BCUT2D eigenvalue weighted by Gasteiger charge is 2.17. The van der Waals surface area contributed by atoms with Crippen LogP contribution in [0.3, 0.4) is 0 Å². The van der Waals surface area contributed by atoms with E-state index in [0.29, 0.717) is 39.3 Å². The van der Waals surface area contributed by atoms with E-state index in [0.717, 1.165) is 12.8 Å². The lowest BCUT2D eigenvalue weighted by molar-refractivity contribution is 0.292. The Hall–Kier alpha value is -2.25. The fraction of sp³-hybridized carbons (Fsp3) is 0.353. The Bertz CT molecular complexity index is 1070. The molecule has 0 spiro atoms. The Kier molecular flexibility index (Phi) is 5.38. The minimum Gasteiger partial charge on any atom is -0.484 e. The summed E-state index contributed by atoms with van der Waals surface area (Å²) in [4.78, 5) is 31.2.